The zero-order chi connectivity index (χ0) is 12.8. The molecule has 94 valence electrons. The lowest BCUT2D eigenvalue weighted by atomic mass is 10.1. The first-order chi connectivity index (χ1) is 8.04. The summed E-state index contributed by atoms with van der Waals surface area (Å²) in [5.74, 6) is -0.197. The van der Waals surface area contributed by atoms with E-state index < -0.39 is 0 Å². The third-order valence-electron chi connectivity index (χ3n) is 2.39. The number of benzene rings is 1. The lowest BCUT2D eigenvalue weighted by molar-refractivity contribution is -0.143. The highest BCUT2D eigenvalue weighted by Gasteiger charge is 2.12. The standard InChI is InChI=1S/C13H18ClNO2/c1-4-17-12(16)8-10(3)15-13-9(2)6-5-7-11(13)14/h5-7,10,15H,4,8H2,1-3H3. The molecular weight excluding hydrogens is 238 g/mol. The summed E-state index contributed by atoms with van der Waals surface area (Å²) in [6.45, 7) is 6.12. The molecule has 0 aliphatic heterocycles. The normalized spacial score (nSPS) is 12.0. The number of rotatable bonds is 5. The van der Waals surface area contributed by atoms with Crippen LogP contribution in [0.4, 0.5) is 5.69 Å². The molecule has 4 heteroatoms. The van der Waals surface area contributed by atoms with Crippen LogP contribution in [0.5, 0.6) is 0 Å². The highest BCUT2D eigenvalue weighted by atomic mass is 35.5. The first kappa shape index (κ1) is 13.8. The van der Waals surface area contributed by atoms with Crippen LogP contribution in [0.15, 0.2) is 18.2 Å². The van der Waals surface area contributed by atoms with Gasteiger partial charge in [-0.15, -0.1) is 0 Å². The van der Waals surface area contributed by atoms with Gasteiger partial charge >= 0.3 is 5.97 Å². The molecular formula is C13H18ClNO2. The molecule has 1 atom stereocenters. The Labute approximate surface area is 107 Å². The number of anilines is 1. The summed E-state index contributed by atoms with van der Waals surface area (Å²) in [5, 5.41) is 3.90. The molecule has 0 saturated heterocycles. The van der Waals surface area contributed by atoms with Gasteiger partial charge in [-0.1, -0.05) is 23.7 Å². The topological polar surface area (TPSA) is 38.3 Å². The van der Waals surface area contributed by atoms with Gasteiger partial charge in [0.2, 0.25) is 0 Å². The third-order valence-corrected chi connectivity index (χ3v) is 2.71. The smallest absolute Gasteiger partial charge is 0.307 e. The van der Waals surface area contributed by atoms with Gasteiger partial charge in [0.15, 0.2) is 0 Å². The summed E-state index contributed by atoms with van der Waals surface area (Å²) in [6, 6.07) is 5.70. The van der Waals surface area contributed by atoms with Gasteiger partial charge in [-0.25, -0.2) is 0 Å². The van der Waals surface area contributed by atoms with Crippen LogP contribution >= 0.6 is 11.6 Å². The first-order valence-electron chi connectivity index (χ1n) is 5.71. The van der Waals surface area contributed by atoms with Crippen LogP contribution in [0.25, 0.3) is 0 Å². The fourth-order valence-corrected chi connectivity index (χ4v) is 1.86. The highest BCUT2D eigenvalue weighted by molar-refractivity contribution is 6.33. The van der Waals surface area contributed by atoms with E-state index in [9.17, 15) is 4.79 Å². The Hall–Kier alpha value is -1.22. The van der Waals surface area contributed by atoms with Gasteiger partial charge in [0.05, 0.1) is 23.7 Å². The van der Waals surface area contributed by atoms with Crippen molar-refractivity contribution in [3.8, 4) is 0 Å². The average molecular weight is 256 g/mol. The predicted molar refractivity (Wildman–Crippen MR) is 70.5 cm³/mol. The Morgan fingerprint density at radius 1 is 1.53 bits per heavy atom. The lowest BCUT2D eigenvalue weighted by Gasteiger charge is -2.17. The van der Waals surface area contributed by atoms with Crippen molar-refractivity contribution in [2.75, 3.05) is 11.9 Å². The molecule has 0 aliphatic rings. The number of carbonyl (C=O) groups excluding carboxylic acids is 1. The molecule has 3 nitrogen and oxygen atoms in total. The Morgan fingerprint density at radius 2 is 2.24 bits per heavy atom. The molecule has 1 aromatic carbocycles. The molecule has 1 unspecified atom stereocenters. The number of nitrogens with one attached hydrogen (secondary N) is 1. The van der Waals surface area contributed by atoms with Gasteiger partial charge < -0.3 is 10.1 Å². The van der Waals surface area contributed by atoms with E-state index >= 15 is 0 Å². The quantitative estimate of drug-likeness (QED) is 0.820. The molecule has 1 rings (SSSR count). The van der Waals surface area contributed by atoms with Gasteiger partial charge in [0.1, 0.15) is 0 Å². The molecule has 1 N–H and O–H groups in total. The van der Waals surface area contributed by atoms with Crippen molar-refractivity contribution in [3.05, 3.63) is 28.8 Å². The van der Waals surface area contributed by atoms with Crippen molar-refractivity contribution in [1.29, 1.82) is 0 Å². The van der Waals surface area contributed by atoms with E-state index in [1.807, 2.05) is 32.0 Å². The first-order valence-corrected chi connectivity index (χ1v) is 6.09. The Bertz CT molecular complexity index is 373. The largest absolute Gasteiger partial charge is 0.466 e. The predicted octanol–water partition coefficient (Wildman–Crippen LogP) is 3.40. The molecule has 0 fully saturated rings. The van der Waals surface area contributed by atoms with Crippen molar-refractivity contribution in [3.63, 3.8) is 0 Å². The zero-order valence-corrected chi connectivity index (χ0v) is 11.2. The summed E-state index contributed by atoms with van der Waals surface area (Å²) < 4.78 is 4.90. The molecule has 0 spiro atoms. The van der Waals surface area contributed by atoms with Gasteiger partial charge in [-0.3, -0.25) is 4.79 Å². The van der Waals surface area contributed by atoms with Gasteiger partial charge in [0, 0.05) is 6.04 Å². The summed E-state index contributed by atoms with van der Waals surface area (Å²) in [7, 11) is 0. The average Bonchev–Trinajstić information content (AvgIpc) is 2.24. The van der Waals surface area contributed by atoms with E-state index in [-0.39, 0.29) is 12.0 Å². The fraction of sp³-hybridized carbons (Fsp3) is 0.462. The van der Waals surface area contributed by atoms with Crippen molar-refractivity contribution in [1.82, 2.24) is 0 Å². The second-order valence-electron chi connectivity index (χ2n) is 3.99. The monoisotopic (exact) mass is 255 g/mol. The van der Waals surface area contributed by atoms with Crippen LogP contribution in [0.2, 0.25) is 5.02 Å². The number of hydrogen-bond acceptors (Lipinski definition) is 3. The lowest BCUT2D eigenvalue weighted by Crippen LogP contribution is -2.21. The summed E-state index contributed by atoms with van der Waals surface area (Å²) in [5.41, 5.74) is 1.94. The number of carbonyl (C=O) groups is 1. The van der Waals surface area contributed by atoms with E-state index in [4.69, 9.17) is 16.3 Å². The summed E-state index contributed by atoms with van der Waals surface area (Å²) in [6.07, 6.45) is 0.332. The van der Waals surface area contributed by atoms with Crippen LogP contribution in [0, 0.1) is 6.92 Å². The molecule has 0 saturated carbocycles. The van der Waals surface area contributed by atoms with Crippen LogP contribution in [0.3, 0.4) is 0 Å². The molecule has 1 aromatic rings. The van der Waals surface area contributed by atoms with Crippen molar-refractivity contribution >= 4 is 23.3 Å². The maximum atomic E-state index is 11.3. The molecule has 0 aliphatic carbocycles. The van der Waals surface area contributed by atoms with Crippen LogP contribution in [-0.2, 0) is 9.53 Å². The zero-order valence-electron chi connectivity index (χ0n) is 10.4. The third kappa shape index (κ3) is 4.27. The van der Waals surface area contributed by atoms with Crippen molar-refractivity contribution < 1.29 is 9.53 Å². The molecule has 0 radical (unpaired) electrons. The van der Waals surface area contributed by atoms with Crippen LogP contribution in [-0.4, -0.2) is 18.6 Å². The summed E-state index contributed by atoms with van der Waals surface area (Å²) >= 11 is 6.09. The highest BCUT2D eigenvalue weighted by Crippen LogP contribution is 2.26. The minimum atomic E-state index is -0.197. The van der Waals surface area contributed by atoms with Crippen LogP contribution < -0.4 is 5.32 Å². The maximum Gasteiger partial charge on any atom is 0.307 e. The fourth-order valence-electron chi connectivity index (χ4n) is 1.58. The number of hydrogen-bond donors (Lipinski definition) is 1. The minimum Gasteiger partial charge on any atom is -0.466 e. The SMILES string of the molecule is CCOC(=O)CC(C)Nc1c(C)cccc1Cl. The van der Waals surface area contributed by atoms with Gasteiger partial charge in [-0.2, -0.15) is 0 Å². The molecule has 0 heterocycles. The number of aryl methyl sites for hydroxylation is 1. The van der Waals surface area contributed by atoms with E-state index in [0.29, 0.717) is 18.1 Å². The number of ether oxygens (including phenoxy) is 1. The molecule has 0 bridgehead atoms. The second kappa shape index (κ2) is 6.50. The maximum absolute atomic E-state index is 11.3. The van der Waals surface area contributed by atoms with Crippen molar-refractivity contribution in [2.45, 2.75) is 33.2 Å². The van der Waals surface area contributed by atoms with Crippen molar-refractivity contribution in [2.24, 2.45) is 0 Å². The Kier molecular flexibility index (Phi) is 5.29. The van der Waals surface area contributed by atoms with E-state index in [1.165, 1.54) is 0 Å². The van der Waals surface area contributed by atoms with Crippen LogP contribution in [0.1, 0.15) is 25.8 Å². The second-order valence-corrected chi connectivity index (χ2v) is 4.39. The molecule has 0 aromatic heterocycles. The van der Waals surface area contributed by atoms with Gasteiger partial charge in [0.25, 0.3) is 0 Å². The van der Waals surface area contributed by atoms with Gasteiger partial charge in [-0.05, 0) is 32.4 Å². The number of esters is 1. The number of para-hydroxylation sites is 1. The molecule has 17 heavy (non-hydrogen) atoms. The van der Waals surface area contributed by atoms with E-state index in [1.54, 1.807) is 6.92 Å². The Morgan fingerprint density at radius 3 is 2.82 bits per heavy atom. The van der Waals surface area contributed by atoms with E-state index in [0.717, 1.165) is 11.3 Å². The molecule has 0 amide bonds. The minimum absolute atomic E-state index is 0.00681. The Balaban J connectivity index is 2.62. The summed E-state index contributed by atoms with van der Waals surface area (Å²) in [4.78, 5) is 11.3. The number of halogens is 1. The van der Waals surface area contributed by atoms with E-state index in [2.05, 4.69) is 5.32 Å².